The first-order chi connectivity index (χ1) is 2.00. The second-order valence-electron chi connectivity index (χ2n) is 0.513. The van der Waals surface area contributed by atoms with Crippen LogP contribution in [0.4, 0.5) is 0 Å². The second-order valence-corrected chi connectivity index (χ2v) is 1.54. The number of hydrogen-bond donors (Lipinski definition) is 3. The Balaban J connectivity index is -0.00000000800. The van der Waals surface area contributed by atoms with Gasteiger partial charge in [0.15, 0.2) is 0 Å². The molecular formula is H4Fe2LiO4PV. The van der Waals surface area contributed by atoms with Gasteiger partial charge in [0, 0.05) is 52.7 Å². The first-order valence-electron chi connectivity index (χ1n) is 0.783. The van der Waals surface area contributed by atoms with Gasteiger partial charge in [0.05, 0.1) is 0 Å². The molecule has 0 bridgehead atoms. The minimum absolute atomic E-state index is 0. The van der Waals surface area contributed by atoms with Gasteiger partial charge in [-0.2, -0.15) is 0 Å². The Bertz CT molecular complexity index is 69.4. The Morgan fingerprint density at radius 2 is 1.11 bits per heavy atom. The Morgan fingerprint density at radius 3 is 1.11 bits per heavy atom. The maximum atomic E-state index is 8.88. The summed E-state index contributed by atoms with van der Waals surface area (Å²) < 4.78 is 8.88. The third kappa shape index (κ3) is 132. The van der Waals surface area contributed by atoms with Crippen molar-refractivity contribution in [1.82, 2.24) is 0 Å². The zero-order valence-electron chi connectivity index (χ0n) is 5.35. The Kier molecular flexibility index (Phi) is 43.4. The largest absolute Gasteiger partial charge is 1.00 e. The molecule has 55 valence electrons. The molecule has 4 nitrogen and oxygen atoms in total. The van der Waals surface area contributed by atoms with E-state index < -0.39 is 7.82 Å². The van der Waals surface area contributed by atoms with E-state index in [0.717, 1.165) is 0 Å². The van der Waals surface area contributed by atoms with Gasteiger partial charge in [-0.05, 0) is 0 Å². The molecule has 0 spiro atoms. The standard InChI is InChI=1S/2Fe.Li.H3O4P.V.H/c;;;1-5(2,3)4;;/h;;;(H3,1,2,3,4);;/q;;+1;;;-1. The van der Waals surface area contributed by atoms with Gasteiger partial charge >= 0.3 is 26.7 Å². The summed E-state index contributed by atoms with van der Waals surface area (Å²) in [6, 6.07) is 0. The van der Waals surface area contributed by atoms with Crippen LogP contribution in [-0.4, -0.2) is 14.7 Å². The average molecular weight is 269 g/mol. The fourth-order valence-electron chi connectivity index (χ4n) is 0. The van der Waals surface area contributed by atoms with Gasteiger partial charge in [0.2, 0.25) is 0 Å². The third-order valence-corrected chi connectivity index (χ3v) is 0. The Morgan fingerprint density at radius 1 is 1.11 bits per heavy atom. The van der Waals surface area contributed by atoms with Crippen LogP contribution in [-0.2, 0) is 57.3 Å². The topological polar surface area (TPSA) is 77.8 Å². The van der Waals surface area contributed by atoms with E-state index in [2.05, 4.69) is 0 Å². The van der Waals surface area contributed by atoms with Crippen LogP contribution < -0.4 is 18.9 Å². The quantitative estimate of drug-likeness (QED) is 0.311. The predicted octanol–water partition coefficient (Wildman–Crippen LogP) is -3.82. The number of hydrogen-bond acceptors (Lipinski definition) is 1. The summed E-state index contributed by atoms with van der Waals surface area (Å²) in [6.07, 6.45) is 0. The van der Waals surface area contributed by atoms with Crippen LogP contribution in [0.15, 0.2) is 0 Å². The summed E-state index contributed by atoms with van der Waals surface area (Å²) in [7, 11) is -4.64. The van der Waals surface area contributed by atoms with E-state index in [0.29, 0.717) is 0 Å². The van der Waals surface area contributed by atoms with Crippen LogP contribution in [0.1, 0.15) is 1.43 Å². The molecule has 3 N–H and O–H groups in total. The molecule has 0 rings (SSSR count). The van der Waals surface area contributed by atoms with E-state index in [1.165, 1.54) is 0 Å². The number of rotatable bonds is 0. The van der Waals surface area contributed by atoms with E-state index in [4.69, 9.17) is 19.2 Å². The van der Waals surface area contributed by atoms with E-state index >= 15 is 0 Å². The summed E-state index contributed by atoms with van der Waals surface area (Å²) in [5.74, 6) is 0. The van der Waals surface area contributed by atoms with E-state index in [1.807, 2.05) is 0 Å². The van der Waals surface area contributed by atoms with Gasteiger partial charge in [-0.25, -0.2) is 4.57 Å². The molecule has 0 saturated carbocycles. The molecule has 9 heavy (non-hydrogen) atoms. The molecular weight excluding hydrogens is 265 g/mol. The van der Waals surface area contributed by atoms with E-state index in [9.17, 15) is 0 Å². The van der Waals surface area contributed by atoms with Gasteiger partial charge in [0.25, 0.3) is 0 Å². The summed E-state index contributed by atoms with van der Waals surface area (Å²) in [5.41, 5.74) is 0. The molecule has 0 aromatic carbocycles. The van der Waals surface area contributed by atoms with E-state index in [-0.39, 0.29) is 73.0 Å². The monoisotopic (exact) mass is 269 g/mol. The first-order valence-corrected chi connectivity index (χ1v) is 2.35. The van der Waals surface area contributed by atoms with Gasteiger partial charge in [0.1, 0.15) is 0 Å². The summed E-state index contributed by atoms with van der Waals surface area (Å²) in [6.45, 7) is 0. The maximum Gasteiger partial charge on any atom is 1.00 e. The molecule has 9 heteroatoms. The van der Waals surface area contributed by atoms with Crippen LogP contribution in [0.5, 0.6) is 0 Å². The molecule has 0 atom stereocenters. The average Bonchev–Trinajstić information content (AvgIpc) is 0.722. The van der Waals surface area contributed by atoms with Crippen molar-refractivity contribution in [2.75, 3.05) is 0 Å². The smallest absolute Gasteiger partial charge is 1.00 e. The third-order valence-electron chi connectivity index (χ3n) is 0. The minimum atomic E-state index is -4.64. The zero-order valence-corrected chi connectivity index (χ0v) is 8.85. The van der Waals surface area contributed by atoms with Gasteiger partial charge in [-0.3, -0.25) is 0 Å². The van der Waals surface area contributed by atoms with Crippen LogP contribution in [0.3, 0.4) is 0 Å². The van der Waals surface area contributed by atoms with Crippen molar-refractivity contribution in [3.05, 3.63) is 0 Å². The fourth-order valence-corrected chi connectivity index (χ4v) is 0. The van der Waals surface area contributed by atoms with Crippen molar-refractivity contribution >= 4 is 7.82 Å². The van der Waals surface area contributed by atoms with Crippen molar-refractivity contribution in [1.29, 1.82) is 0 Å². The van der Waals surface area contributed by atoms with Gasteiger partial charge < -0.3 is 16.1 Å². The fraction of sp³-hybridized carbons (Fsp3) is 0. The SMILES string of the molecule is O=P(O)(O)O.[Fe].[Fe].[H-].[Li+].[V]. The Hall–Kier alpha value is 2.33. The molecule has 1 radical (unpaired) electrons. The van der Waals surface area contributed by atoms with Crippen LogP contribution in [0, 0.1) is 0 Å². The van der Waals surface area contributed by atoms with Crippen molar-refractivity contribution in [2.45, 2.75) is 0 Å². The predicted molar refractivity (Wildman–Crippen MR) is 15.4 cm³/mol. The molecule has 0 aliphatic carbocycles. The first kappa shape index (κ1) is 30.2. The van der Waals surface area contributed by atoms with Crippen molar-refractivity contribution in [3.63, 3.8) is 0 Å². The summed E-state index contributed by atoms with van der Waals surface area (Å²) >= 11 is 0. The summed E-state index contributed by atoms with van der Waals surface area (Å²) in [4.78, 5) is 21.6. The zero-order chi connectivity index (χ0) is 4.50. The normalized spacial score (nSPS) is 6.56. The van der Waals surface area contributed by atoms with Gasteiger partial charge in [-0.1, -0.05) is 0 Å². The van der Waals surface area contributed by atoms with Crippen molar-refractivity contribution < 1.29 is 92.2 Å². The molecule has 0 aliphatic heterocycles. The van der Waals surface area contributed by atoms with Crippen LogP contribution in [0.25, 0.3) is 0 Å². The second kappa shape index (κ2) is 13.0. The molecule has 0 fully saturated rings. The van der Waals surface area contributed by atoms with Crippen molar-refractivity contribution in [2.24, 2.45) is 0 Å². The van der Waals surface area contributed by atoms with Crippen LogP contribution >= 0.6 is 7.82 Å². The molecule has 0 aliphatic rings. The molecule has 0 unspecified atom stereocenters. The Labute approximate surface area is 99.3 Å². The molecule has 0 amide bonds. The van der Waals surface area contributed by atoms with Crippen molar-refractivity contribution in [3.8, 4) is 0 Å². The van der Waals surface area contributed by atoms with E-state index in [1.54, 1.807) is 0 Å². The molecule has 0 heterocycles. The van der Waals surface area contributed by atoms with Gasteiger partial charge in [-0.15, -0.1) is 0 Å². The minimum Gasteiger partial charge on any atom is -1.00 e. The van der Waals surface area contributed by atoms with Crippen LogP contribution in [0.2, 0.25) is 0 Å². The maximum absolute atomic E-state index is 8.88. The summed E-state index contributed by atoms with van der Waals surface area (Å²) in [5, 5.41) is 0. The molecule has 0 aromatic rings. The molecule has 0 saturated heterocycles. The number of phosphoric acid groups is 1. The molecule has 0 aromatic heterocycles.